The summed E-state index contributed by atoms with van der Waals surface area (Å²) in [5.74, 6) is 0.0416. The fourth-order valence-electron chi connectivity index (χ4n) is 3.35. The van der Waals surface area contributed by atoms with Gasteiger partial charge in [0.1, 0.15) is 23.9 Å². The highest BCUT2D eigenvalue weighted by atomic mass is 35.5. The molecule has 9 nitrogen and oxygen atoms in total. The molecule has 1 amide bonds. The molecule has 0 atom stereocenters. The van der Waals surface area contributed by atoms with Gasteiger partial charge in [-0.2, -0.15) is 0 Å². The van der Waals surface area contributed by atoms with E-state index in [1.807, 2.05) is 30.3 Å². The average molecular weight is 517 g/mol. The predicted octanol–water partition coefficient (Wildman–Crippen LogP) is 3.72. The Labute approximate surface area is 209 Å². The minimum absolute atomic E-state index is 0.0235. The van der Waals surface area contributed by atoms with E-state index in [1.165, 1.54) is 28.6 Å². The van der Waals surface area contributed by atoms with Crippen molar-refractivity contribution in [3.63, 3.8) is 0 Å². The number of aromatic nitrogens is 5. The van der Waals surface area contributed by atoms with Crippen molar-refractivity contribution in [2.75, 3.05) is 11.1 Å². The molecule has 0 saturated carbocycles. The summed E-state index contributed by atoms with van der Waals surface area (Å²) in [4.78, 5) is 25.6. The number of nitrogens with zero attached hydrogens (tertiary/aromatic N) is 5. The molecule has 182 valence electrons. The van der Waals surface area contributed by atoms with E-state index in [0.29, 0.717) is 28.1 Å². The molecule has 0 aliphatic carbocycles. The standard InChI is InChI=1S/C23H22ClFN6O3S/c1-14-21(22(33)31(30(14)3)16-7-5-4-6-8-16)26-20(32)13-35-23-28-27-19(29(23)2)12-34-18-10-9-15(25)11-17(18)24/h4-11H,12-13H2,1-3H3,(H,26,32). The van der Waals surface area contributed by atoms with Crippen molar-refractivity contribution < 1.29 is 13.9 Å². The maximum absolute atomic E-state index is 13.2. The number of amides is 1. The van der Waals surface area contributed by atoms with Crippen LogP contribution in [0.5, 0.6) is 5.75 Å². The van der Waals surface area contributed by atoms with Gasteiger partial charge in [0, 0.05) is 14.1 Å². The van der Waals surface area contributed by atoms with Crippen molar-refractivity contribution in [3.05, 3.63) is 81.2 Å². The molecule has 0 radical (unpaired) electrons. The van der Waals surface area contributed by atoms with Gasteiger partial charge in [0.15, 0.2) is 11.0 Å². The van der Waals surface area contributed by atoms with E-state index in [4.69, 9.17) is 16.3 Å². The van der Waals surface area contributed by atoms with Crippen molar-refractivity contribution in [2.24, 2.45) is 14.1 Å². The van der Waals surface area contributed by atoms with E-state index in [2.05, 4.69) is 15.5 Å². The Morgan fingerprint density at radius 2 is 1.91 bits per heavy atom. The lowest BCUT2D eigenvalue weighted by Crippen LogP contribution is -2.23. The summed E-state index contributed by atoms with van der Waals surface area (Å²) >= 11 is 7.15. The molecule has 0 bridgehead atoms. The number of anilines is 1. The van der Waals surface area contributed by atoms with Crippen LogP contribution in [0.25, 0.3) is 5.69 Å². The number of nitrogens with one attached hydrogen (secondary N) is 1. The fraction of sp³-hybridized carbons (Fsp3) is 0.217. The summed E-state index contributed by atoms with van der Waals surface area (Å²) in [7, 11) is 3.50. The summed E-state index contributed by atoms with van der Waals surface area (Å²) in [6, 6.07) is 13.0. The van der Waals surface area contributed by atoms with Gasteiger partial charge in [-0.25, -0.2) is 9.07 Å². The molecule has 35 heavy (non-hydrogen) atoms. The number of thioether (sulfide) groups is 1. The molecule has 2 heterocycles. The number of halogens is 2. The Kier molecular flexibility index (Phi) is 7.27. The van der Waals surface area contributed by atoms with Crippen LogP contribution in [0.2, 0.25) is 5.02 Å². The van der Waals surface area contributed by atoms with E-state index < -0.39 is 5.82 Å². The number of benzene rings is 2. The third kappa shape index (κ3) is 5.25. The van der Waals surface area contributed by atoms with Crippen LogP contribution in [0.1, 0.15) is 11.5 Å². The SMILES string of the molecule is Cc1c(NC(=O)CSc2nnc(COc3ccc(F)cc3Cl)n2C)c(=O)n(-c2ccccc2)n1C. The summed E-state index contributed by atoms with van der Waals surface area (Å²) in [6.07, 6.45) is 0. The van der Waals surface area contributed by atoms with Crippen molar-refractivity contribution in [3.8, 4) is 11.4 Å². The van der Waals surface area contributed by atoms with Gasteiger partial charge in [-0.3, -0.25) is 14.3 Å². The summed E-state index contributed by atoms with van der Waals surface area (Å²) in [5, 5.41) is 11.5. The highest BCUT2D eigenvalue weighted by Crippen LogP contribution is 2.26. The molecular formula is C23H22ClFN6O3S. The van der Waals surface area contributed by atoms with Crippen LogP contribution in [-0.4, -0.2) is 35.8 Å². The predicted molar refractivity (Wildman–Crippen MR) is 132 cm³/mol. The Balaban J connectivity index is 1.39. The number of rotatable bonds is 8. The second kappa shape index (κ2) is 10.4. The molecule has 1 N–H and O–H groups in total. The molecule has 0 aliphatic heterocycles. The minimum atomic E-state index is -0.456. The third-order valence-electron chi connectivity index (χ3n) is 5.33. The lowest BCUT2D eigenvalue weighted by molar-refractivity contribution is -0.113. The van der Waals surface area contributed by atoms with Crippen molar-refractivity contribution >= 4 is 35.0 Å². The van der Waals surface area contributed by atoms with E-state index in [1.54, 1.807) is 30.3 Å². The maximum Gasteiger partial charge on any atom is 0.295 e. The number of carbonyl (C=O) groups excluding carboxylic acids is 1. The molecule has 4 aromatic rings. The monoisotopic (exact) mass is 516 g/mol. The third-order valence-corrected chi connectivity index (χ3v) is 6.64. The first kappa shape index (κ1) is 24.6. The second-order valence-corrected chi connectivity index (χ2v) is 8.94. The zero-order chi connectivity index (χ0) is 25.1. The fourth-order valence-corrected chi connectivity index (χ4v) is 4.30. The number of ether oxygens (including phenoxy) is 1. The van der Waals surface area contributed by atoms with Crippen molar-refractivity contribution in [1.29, 1.82) is 0 Å². The molecule has 2 aromatic heterocycles. The van der Waals surface area contributed by atoms with Crippen molar-refractivity contribution in [1.82, 2.24) is 24.1 Å². The normalized spacial score (nSPS) is 11.0. The molecule has 0 unspecified atom stereocenters. The largest absolute Gasteiger partial charge is 0.484 e. The van der Waals surface area contributed by atoms with E-state index in [-0.39, 0.29) is 34.5 Å². The van der Waals surface area contributed by atoms with Gasteiger partial charge in [0.25, 0.3) is 5.56 Å². The van der Waals surface area contributed by atoms with Gasteiger partial charge in [0.05, 0.1) is 22.2 Å². The Hall–Kier alpha value is -3.57. The first-order chi connectivity index (χ1) is 16.8. The van der Waals surface area contributed by atoms with Crippen LogP contribution in [-0.2, 0) is 25.5 Å². The van der Waals surface area contributed by atoms with Crippen LogP contribution in [0.3, 0.4) is 0 Å². The van der Waals surface area contributed by atoms with E-state index >= 15 is 0 Å². The minimum Gasteiger partial charge on any atom is -0.484 e. The van der Waals surface area contributed by atoms with E-state index in [9.17, 15) is 14.0 Å². The highest BCUT2D eigenvalue weighted by molar-refractivity contribution is 7.99. The average Bonchev–Trinajstić information content (AvgIpc) is 3.29. The first-order valence-electron chi connectivity index (χ1n) is 10.5. The molecule has 12 heteroatoms. The summed E-state index contributed by atoms with van der Waals surface area (Å²) < 4.78 is 23.7. The van der Waals surface area contributed by atoms with Crippen LogP contribution < -0.4 is 15.6 Å². The lowest BCUT2D eigenvalue weighted by atomic mass is 10.3. The molecule has 0 aliphatic rings. The Morgan fingerprint density at radius 1 is 1.17 bits per heavy atom. The van der Waals surface area contributed by atoms with Gasteiger partial charge in [-0.1, -0.05) is 41.6 Å². The first-order valence-corrected chi connectivity index (χ1v) is 11.9. The van der Waals surface area contributed by atoms with Gasteiger partial charge in [-0.05, 0) is 37.3 Å². The van der Waals surface area contributed by atoms with Gasteiger partial charge in [0.2, 0.25) is 5.91 Å². The molecule has 0 saturated heterocycles. The summed E-state index contributed by atoms with van der Waals surface area (Å²) in [5.41, 5.74) is 1.25. The van der Waals surface area contributed by atoms with Crippen LogP contribution >= 0.6 is 23.4 Å². The molecule has 0 fully saturated rings. The molecular weight excluding hydrogens is 495 g/mol. The maximum atomic E-state index is 13.2. The van der Waals surface area contributed by atoms with Crippen LogP contribution in [0.4, 0.5) is 10.1 Å². The molecule has 4 rings (SSSR count). The number of hydrogen-bond donors (Lipinski definition) is 1. The quantitative estimate of drug-likeness (QED) is 0.359. The Bertz CT molecular complexity index is 1430. The number of carbonyl (C=O) groups is 1. The van der Waals surface area contributed by atoms with Crippen LogP contribution in [0.15, 0.2) is 58.5 Å². The van der Waals surface area contributed by atoms with Gasteiger partial charge < -0.3 is 14.6 Å². The van der Waals surface area contributed by atoms with E-state index in [0.717, 1.165) is 6.07 Å². The van der Waals surface area contributed by atoms with Crippen LogP contribution in [0, 0.1) is 12.7 Å². The smallest absolute Gasteiger partial charge is 0.295 e. The zero-order valence-electron chi connectivity index (χ0n) is 19.2. The molecule has 2 aromatic carbocycles. The van der Waals surface area contributed by atoms with Gasteiger partial charge in [-0.15, -0.1) is 10.2 Å². The highest BCUT2D eigenvalue weighted by Gasteiger charge is 2.19. The Morgan fingerprint density at radius 3 is 2.63 bits per heavy atom. The number of para-hydroxylation sites is 1. The second-order valence-electron chi connectivity index (χ2n) is 7.59. The molecule has 0 spiro atoms. The summed E-state index contributed by atoms with van der Waals surface area (Å²) in [6.45, 7) is 1.83. The van der Waals surface area contributed by atoms with Crippen molar-refractivity contribution in [2.45, 2.75) is 18.7 Å². The topological polar surface area (TPSA) is 96.0 Å². The zero-order valence-corrected chi connectivity index (χ0v) is 20.7. The van der Waals surface area contributed by atoms with Gasteiger partial charge >= 0.3 is 0 Å². The number of hydrogen-bond acceptors (Lipinski definition) is 6. The lowest BCUT2D eigenvalue weighted by Gasteiger charge is -2.08.